The molecule has 5 nitrogen and oxygen atoms in total. The lowest BCUT2D eigenvalue weighted by Crippen LogP contribution is -2.24. The second-order valence-electron chi connectivity index (χ2n) is 4.95. The third kappa shape index (κ3) is 4.96. The molecule has 5 heteroatoms. The SMILES string of the molecule is CCCc1nc(NCC)c(C)c(NC(C)COCC)n1. The first-order valence-electron chi connectivity index (χ1n) is 7.57. The van der Waals surface area contributed by atoms with E-state index in [2.05, 4.69) is 41.4 Å². The number of rotatable bonds is 9. The molecule has 0 aliphatic rings. The lowest BCUT2D eigenvalue weighted by atomic mass is 10.2. The smallest absolute Gasteiger partial charge is 0.135 e. The molecule has 1 aromatic rings. The number of aromatic nitrogens is 2. The molecule has 0 aromatic carbocycles. The first-order chi connectivity index (χ1) is 9.62. The Kier molecular flexibility index (Phi) is 7.30. The Hall–Kier alpha value is -1.36. The van der Waals surface area contributed by atoms with E-state index in [1.54, 1.807) is 0 Å². The summed E-state index contributed by atoms with van der Waals surface area (Å²) in [5.74, 6) is 2.73. The minimum absolute atomic E-state index is 0.229. The van der Waals surface area contributed by atoms with Crippen LogP contribution >= 0.6 is 0 Å². The molecule has 1 unspecified atom stereocenters. The molecule has 0 saturated carbocycles. The van der Waals surface area contributed by atoms with Gasteiger partial charge in [0.05, 0.1) is 6.61 Å². The molecule has 1 heterocycles. The Morgan fingerprint density at radius 2 is 1.85 bits per heavy atom. The Labute approximate surface area is 122 Å². The van der Waals surface area contributed by atoms with Gasteiger partial charge in [-0.3, -0.25) is 0 Å². The number of nitrogens with one attached hydrogen (secondary N) is 2. The highest BCUT2D eigenvalue weighted by atomic mass is 16.5. The summed E-state index contributed by atoms with van der Waals surface area (Å²) in [5.41, 5.74) is 1.06. The number of anilines is 2. The Morgan fingerprint density at radius 3 is 2.45 bits per heavy atom. The fourth-order valence-corrected chi connectivity index (χ4v) is 1.95. The molecule has 1 aromatic heterocycles. The van der Waals surface area contributed by atoms with Gasteiger partial charge in [0, 0.05) is 31.2 Å². The summed E-state index contributed by atoms with van der Waals surface area (Å²) < 4.78 is 5.44. The topological polar surface area (TPSA) is 59.1 Å². The maximum Gasteiger partial charge on any atom is 0.135 e. The van der Waals surface area contributed by atoms with E-state index in [0.29, 0.717) is 6.61 Å². The molecule has 114 valence electrons. The van der Waals surface area contributed by atoms with Crippen LogP contribution in [0.5, 0.6) is 0 Å². The molecule has 0 aliphatic heterocycles. The number of hydrogen-bond acceptors (Lipinski definition) is 5. The highest BCUT2D eigenvalue weighted by molar-refractivity contribution is 5.57. The predicted octanol–water partition coefficient (Wildman–Crippen LogP) is 3.01. The van der Waals surface area contributed by atoms with Gasteiger partial charge in [0.2, 0.25) is 0 Å². The largest absolute Gasteiger partial charge is 0.380 e. The van der Waals surface area contributed by atoms with Crippen molar-refractivity contribution in [2.24, 2.45) is 0 Å². The van der Waals surface area contributed by atoms with Gasteiger partial charge in [0.1, 0.15) is 17.5 Å². The van der Waals surface area contributed by atoms with Crippen LogP contribution in [-0.2, 0) is 11.2 Å². The Bertz CT molecular complexity index is 409. The second kappa shape index (κ2) is 8.74. The van der Waals surface area contributed by atoms with Crippen molar-refractivity contribution in [3.05, 3.63) is 11.4 Å². The molecule has 1 rings (SSSR count). The molecule has 20 heavy (non-hydrogen) atoms. The van der Waals surface area contributed by atoms with Gasteiger partial charge >= 0.3 is 0 Å². The van der Waals surface area contributed by atoms with Crippen LogP contribution in [0.25, 0.3) is 0 Å². The van der Waals surface area contributed by atoms with Gasteiger partial charge in [0.15, 0.2) is 0 Å². The minimum Gasteiger partial charge on any atom is -0.380 e. The van der Waals surface area contributed by atoms with Crippen LogP contribution in [-0.4, -0.2) is 35.8 Å². The van der Waals surface area contributed by atoms with Crippen LogP contribution < -0.4 is 10.6 Å². The van der Waals surface area contributed by atoms with E-state index in [0.717, 1.165) is 49.0 Å². The van der Waals surface area contributed by atoms with Crippen LogP contribution in [0.4, 0.5) is 11.6 Å². The number of aryl methyl sites for hydroxylation is 1. The minimum atomic E-state index is 0.229. The van der Waals surface area contributed by atoms with Crippen molar-refractivity contribution in [3.8, 4) is 0 Å². The van der Waals surface area contributed by atoms with E-state index < -0.39 is 0 Å². The maximum atomic E-state index is 5.44. The Balaban J connectivity index is 2.91. The van der Waals surface area contributed by atoms with Crippen molar-refractivity contribution >= 4 is 11.6 Å². The summed E-state index contributed by atoms with van der Waals surface area (Å²) in [6.07, 6.45) is 1.94. The van der Waals surface area contributed by atoms with Gasteiger partial charge in [-0.1, -0.05) is 6.92 Å². The molecule has 0 amide bonds. The number of ether oxygens (including phenoxy) is 1. The summed E-state index contributed by atoms with van der Waals surface area (Å²) in [7, 11) is 0. The highest BCUT2D eigenvalue weighted by Gasteiger charge is 2.12. The molecular weight excluding hydrogens is 252 g/mol. The molecule has 0 fully saturated rings. The molecule has 1 atom stereocenters. The zero-order valence-electron chi connectivity index (χ0n) is 13.4. The van der Waals surface area contributed by atoms with Crippen molar-refractivity contribution in [2.75, 3.05) is 30.4 Å². The monoisotopic (exact) mass is 280 g/mol. The fraction of sp³-hybridized carbons (Fsp3) is 0.733. The van der Waals surface area contributed by atoms with Crippen molar-refractivity contribution in [3.63, 3.8) is 0 Å². The zero-order chi connectivity index (χ0) is 15.0. The standard InChI is InChI=1S/C15H28N4O/c1-6-9-13-18-14(16-7-2)12(5)15(19-13)17-11(4)10-20-8-3/h11H,6-10H2,1-5H3,(H2,16,17,18,19). The Morgan fingerprint density at radius 1 is 1.15 bits per heavy atom. The molecule has 0 aliphatic carbocycles. The highest BCUT2D eigenvalue weighted by Crippen LogP contribution is 2.21. The van der Waals surface area contributed by atoms with Gasteiger partial charge < -0.3 is 15.4 Å². The summed E-state index contributed by atoms with van der Waals surface area (Å²) in [6, 6.07) is 0.229. The van der Waals surface area contributed by atoms with Gasteiger partial charge in [0.25, 0.3) is 0 Å². The van der Waals surface area contributed by atoms with Crippen LogP contribution in [0, 0.1) is 6.92 Å². The van der Waals surface area contributed by atoms with Crippen molar-refractivity contribution in [2.45, 2.75) is 53.5 Å². The van der Waals surface area contributed by atoms with Gasteiger partial charge in [-0.05, 0) is 34.1 Å². The van der Waals surface area contributed by atoms with E-state index in [-0.39, 0.29) is 6.04 Å². The molecule has 0 spiro atoms. The van der Waals surface area contributed by atoms with Crippen LogP contribution in [0.15, 0.2) is 0 Å². The second-order valence-corrected chi connectivity index (χ2v) is 4.95. The van der Waals surface area contributed by atoms with Crippen LogP contribution in [0.3, 0.4) is 0 Å². The lowest BCUT2D eigenvalue weighted by molar-refractivity contribution is 0.141. The van der Waals surface area contributed by atoms with Crippen molar-refractivity contribution < 1.29 is 4.74 Å². The zero-order valence-corrected chi connectivity index (χ0v) is 13.4. The van der Waals surface area contributed by atoms with E-state index in [4.69, 9.17) is 4.74 Å². The normalized spacial score (nSPS) is 12.2. The van der Waals surface area contributed by atoms with Gasteiger partial charge in [-0.25, -0.2) is 9.97 Å². The fourth-order valence-electron chi connectivity index (χ4n) is 1.95. The number of hydrogen-bond donors (Lipinski definition) is 2. The van der Waals surface area contributed by atoms with Gasteiger partial charge in [-0.2, -0.15) is 0 Å². The average Bonchev–Trinajstić information content (AvgIpc) is 2.42. The van der Waals surface area contributed by atoms with Crippen molar-refractivity contribution in [1.82, 2.24) is 9.97 Å². The third-order valence-corrected chi connectivity index (χ3v) is 2.97. The van der Waals surface area contributed by atoms with E-state index >= 15 is 0 Å². The molecule has 0 radical (unpaired) electrons. The third-order valence-electron chi connectivity index (χ3n) is 2.97. The quantitative estimate of drug-likeness (QED) is 0.728. The van der Waals surface area contributed by atoms with E-state index in [1.807, 2.05) is 13.8 Å². The summed E-state index contributed by atoms with van der Waals surface area (Å²) in [4.78, 5) is 9.22. The maximum absolute atomic E-state index is 5.44. The molecule has 2 N–H and O–H groups in total. The first-order valence-corrected chi connectivity index (χ1v) is 7.57. The van der Waals surface area contributed by atoms with Crippen LogP contribution in [0.1, 0.15) is 45.5 Å². The van der Waals surface area contributed by atoms with Gasteiger partial charge in [-0.15, -0.1) is 0 Å². The van der Waals surface area contributed by atoms with E-state index in [1.165, 1.54) is 0 Å². The van der Waals surface area contributed by atoms with Crippen LogP contribution in [0.2, 0.25) is 0 Å². The predicted molar refractivity (Wildman–Crippen MR) is 84.5 cm³/mol. The van der Waals surface area contributed by atoms with Crippen molar-refractivity contribution in [1.29, 1.82) is 0 Å². The summed E-state index contributed by atoms with van der Waals surface area (Å²) in [6.45, 7) is 12.6. The average molecular weight is 280 g/mol. The molecule has 0 bridgehead atoms. The summed E-state index contributed by atoms with van der Waals surface area (Å²) >= 11 is 0. The molecule has 0 saturated heterocycles. The molecular formula is C15H28N4O. The lowest BCUT2D eigenvalue weighted by Gasteiger charge is -2.18. The summed E-state index contributed by atoms with van der Waals surface area (Å²) in [5, 5.41) is 6.74. The number of nitrogens with zero attached hydrogens (tertiary/aromatic N) is 2. The van der Waals surface area contributed by atoms with E-state index in [9.17, 15) is 0 Å². The first kappa shape index (κ1) is 16.7.